The van der Waals surface area contributed by atoms with E-state index in [2.05, 4.69) is 279 Å². The Bertz CT molecular complexity index is 3850. The number of allylic oxidation sites excluding steroid dienone is 6. The van der Waals surface area contributed by atoms with Crippen LogP contribution in [0.3, 0.4) is 0 Å². The molecule has 1 unspecified atom stereocenters. The molecule has 2 nitrogen and oxygen atoms in total. The van der Waals surface area contributed by atoms with Crippen LogP contribution in [0.25, 0.3) is 39.0 Å². The highest BCUT2D eigenvalue weighted by atomic mass is 15.1. The van der Waals surface area contributed by atoms with Gasteiger partial charge in [-0.1, -0.05) is 195 Å². The molecule has 0 heterocycles. The van der Waals surface area contributed by atoms with E-state index in [4.69, 9.17) is 0 Å². The fourth-order valence-corrected chi connectivity index (χ4v) is 14.1. The average molecular weight is 971 g/mol. The Morgan fingerprint density at radius 3 is 1.37 bits per heavy atom. The molecule has 1 atom stereocenters. The van der Waals surface area contributed by atoms with E-state index in [9.17, 15) is 0 Å². The Labute approximate surface area is 445 Å². The van der Waals surface area contributed by atoms with E-state index in [0.717, 1.165) is 35.6 Å². The molecule has 0 aliphatic heterocycles. The molecule has 8 aromatic carbocycles. The Balaban J connectivity index is 0.886. The van der Waals surface area contributed by atoms with Gasteiger partial charge in [0.2, 0.25) is 0 Å². The maximum atomic E-state index is 3.57. The van der Waals surface area contributed by atoms with Gasteiger partial charge in [-0.3, -0.25) is 0 Å². The first kappa shape index (κ1) is 46.9. The lowest BCUT2D eigenvalue weighted by Crippen LogP contribution is -2.18. The third-order valence-electron chi connectivity index (χ3n) is 18.2. The minimum Gasteiger partial charge on any atom is -0.310 e. The van der Waals surface area contributed by atoms with Gasteiger partial charge in [0.25, 0.3) is 0 Å². The number of hydrogen-bond donors (Lipinski definition) is 0. The van der Waals surface area contributed by atoms with E-state index < -0.39 is 0 Å². The maximum absolute atomic E-state index is 3.57. The van der Waals surface area contributed by atoms with Gasteiger partial charge in [0.15, 0.2) is 0 Å². The molecule has 0 amide bonds. The lowest BCUT2D eigenvalue weighted by Gasteiger charge is -2.30. The van der Waals surface area contributed by atoms with Gasteiger partial charge in [-0.05, 0) is 170 Å². The van der Waals surface area contributed by atoms with Crippen LogP contribution in [-0.2, 0) is 21.7 Å². The largest absolute Gasteiger partial charge is 0.310 e. The highest BCUT2D eigenvalue weighted by Crippen LogP contribution is 2.56. The van der Waals surface area contributed by atoms with Gasteiger partial charge >= 0.3 is 0 Å². The van der Waals surface area contributed by atoms with Crippen molar-refractivity contribution in [2.45, 2.75) is 110 Å². The second kappa shape index (κ2) is 16.8. The van der Waals surface area contributed by atoms with Crippen LogP contribution < -0.4 is 9.80 Å². The zero-order valence-electron chi connectivity index (χ0n) is 45.3. The molecule has 5 aliphatic carbocycles. The van der Waals surface area contributed by atoms with Crippen molar-refractivity contribution in [1.82, 2.24) is 0 Å². The van der Waals surface area contributed by atoms with Crippen LogP contribution in [0.15, 0.2) is 199 Å². The number of anilines is 6. The molecule has 0 radical (unpaired) electrons. The number of hydrogen-bond acceptors (Lipinski definition) is 2. The van der Waals surface area contributed by atoms with Crippen molar-refractivity contribution in [2.75, 3.05) is 9.80 Å². The molecular formula is C73H66N2. The van der Waals surface area contributed by atoms with Crippen molar-refractivity contribution in [3.05, 3.63) is 244 Å². The Morgan fingerprint density at radius 2 is 0.867 bits per heavy atom. The summed E-state index contributed by atoms with van der Waals surface area (Å²) >= 11 is 0. The molecule has 75 heavy (non-hydrogen) atoms. The lowest BCUT2D eigenvalue weighted by atomic mass is 9.79. The topological polar surface area (TPSA) is 6.48 Å². The van der Waals surface area contributed by atoms with E-state index in [1.165, 1.54) is 106 Å². The van der Waals surface area contributed by atoms with Gasteiger partial charge in [-0.2, -0.15) is 0 Å². The number of fused-ring (bicyclic) bond motifs is 10. The molecular weight excluding hydrogens is 905 g/mol. The van der Waals surface area contributed by atoms with Crippen molar-refractivity contribution in [3.8, 4) is 45.2 Å². The fourth-order valence-electron chi connectivity index (χ4n) is 14.1. The van der Waals surface area contributed by atoms with E-state index in [-0.39, 0.29) is 21.7 Å². The molecule has 0 fully saturated rings. The Morgan fingerprint density at radius 1 is 0.440 bits per heavy atom. The molecule has 0 saturated carbocycles. The molecule has 2 heteroatoms. The summed E-state index contributed by atoms with van der Waals surface area (Å²) in [5, 5.41) is 0. The van der Waals surface area contributed by atoms with Gasteiger partial charge in [0, 0.05) is 73.7 Å². The third kappa shape index (κ3) is 7.00. The minimum atomic E-state index is -0.204. The molecule has 5 aliphatic rings. The summed E-state index contributed by atoms with van der Waals surface area (Å²) in [5.41, 5.74) is 29.2. The van der Waals surface area contributed by atoms with E-state index >= 15 is 0 Å². The first-order valence-electron chi connectivity index (χ1n) is 27.3. The van der Waals surface area contributed by atoms with Gasteiger partial charge < -0.3 is 9.80 Å². The second-order valence-corrected chi connectivity index (χ2v) is 23.8. The second-order valence-electron chi connectivity index (χ2n) is 23.8. The van der Waals surface area contributed by atoms with Crippen LogP contribution >= 0.6 is 0 Å². The average Bonchev–Trinajstić information content (AvgIpc) is 3.99. The van der Waals surface area contributed by atoms with Gasteiger partial charge in [-0.15, -0.1) is 0 Å². The molecule has 0 aromatic heterocycles. The molecule has 0 N–H and O–H groups in total. The van der Waals surface area contributed by atoms with Crippen LogP contribution in [0.4, 0.5) is 34.1 Å². The highest BCUT2D eigenvalue weighted by Gasteiger charge is 2.43. The monoisotopic (exact) mass is 971 g/mol. The molecule has 0 bridgehead atoms. The summed E-state index contributed by atoms with van der Waals surface area (Å²) < 4.78 is 0. The summed E-state index contributed by atoms with van der Waals surface area (Å²) in [7, 11) is 0. The van der Waals surface area contributed by atoms with Crippen LogP contribution in [0, 0.1) is 11.8 Å². The molecule has 8 aromatic rings. The summed E-state index contributed by atoms with van der Waals surface area (Å²) in [6, 6.07) is 64.9. The van der Waals surface area contributed by atoms with E-state index in [1.807, 2.05) is 0 Å². The molecule has 0 saturated heterocycles. The summed E-state index contributed by atoms with van der Waals surface area (Å²) in [5.74, 6) is 7.40. The predicted octanol–water partition coefficient (Wildman–Crippen LogP) is 19.6. The van der Waals surface area contributed by atoms with E-state index in [0.29, 0.717) is 5.92 Å². The standard InChI is InChI=1S/C73H66N2/c1-11-12-22-62-46(2)55-38-34-51(42-66(55)70(62,3)4)74(52-35-39-59-56-19-13-16-23-63(56)71(5,6)67(59)43-52)49-30-26-47(27-31-49)48-28-32-50(33-29-48)75(53-36-40-60-57-20-14-17-24-64(57)72(7,8)68(60)44-53)54-37-41-61-58-21-15-18-25-65(58)73(9,10)69(61)45-54/h13-20,23-45,58H,11,21H2,1-10H3. The van der Waals surface area contributed by atoms with Crippen LogP contribution in [0.5, 0.6) is 0 Å². The molecule has 13 rings (SSSR count). The van der Waals surface area contributed by atoms with Crippen molar-refractivity contribution < 1.29 is 0 Å². The van der Waals surface area contributed by atoms with Crippen molar-refractivity contribution in [1.29, 1.82) is 0 Å². The van der Waals surface area contributed by atoms with Crippen molar-refractivity contribution in [3.63, 3.8) is 0 Å². The minimum absolute atomic E-state index is 0.0526. The molecule has 368 valence electrons. The van der Waals surface area contributed by atoms with Crippen molar-refractivity contribution >= 4 is 39.7 Å². The summed E-state index contributed by atoms with van der Waals surface area (Å²) in [6.07, 6.45) is 8.86. The quantitative estimate of drug-likeness (QED) is 0.147. The molecule has 0 spiro atoms. The SMILES string of the molecule is CCC#CC1=C(C)c2ccc(N(c3ccc(-c4ccc(N(c5ccc6c(c5)C(C)(C)C5=CC=CCC56)c5ccc6c(c5)C(C)(C)c5ccccc5-6)cc4)cc3)c3ccc4c(c3)C(C)(C)c3ccccc3-4)cc2C1(C)C. The van der Waals surface area contributed by atoms with Gasteiger partial charge in [0.1, 0.15) is 0 Å². The lowest BCUT2D eigenvalue weighted by molar-refractivity contribution is 0.612. The third-order valence-corrected chi connectivity index (χ3v) is 18.2. The number of benzene rings is 8. The smallest absolute Gasteiger partial charge is 0.0465 e. The first-order valence-corrected chi connectivity index (χ1v) is 27.3. The zero-order chi connectivity index (χ0) is 51.8. The van der Waals surface area contributed by atoms with Crippen molar-refractivity contribution in [2.24, 2.45) is 0 Å². The summed E-state index contributed by atoms with van der Waals surface area (Å²) in [6.45, 7) is 23.4. The summed E-state index contributed by atoms with van der Waals surface area (Å²) in [4.78, 5) is 4.95. The van der Waals surface area contributed by atoms with Crippen LogP contribution in [0.1, 0.15) is 133 Å². The van der Waals surface area contributed by atoms with Crippen LogP contribution in [0.2, 0.25) is 0 Å². The zero-order valence-corrected chi connectivity index (χ0v) is 45.3. The normalized spacial score (nSPS) is 17.9. The predicted molar refractivity (Wildman–Crippen MR) is 318 cm³/mol. The highest BCUT2D eigenvalue weighted by molar-refractivity contribution is 5.90. The maximum Gasteiger partial charge on any atom is 0.0465 e. The van der Waals surface area contributed by atoms with E-state index in [1.54, 1.807) is 0 Å². The Kier molecular flexibility index (Phi) is 10.5. The number of rotatable bonds is 7. The van der Waals surface area contributed by atoms with Gasteiger partial charge in [-0.25, -0.2) is 0 Å². The fraction of sp³-hybridized carbons (Fsp3) is 0.233. The Hall–Kier alpha value is -7.86. The first-order chi connectivity index (χ1) is 36.1. The number of nitrogens with zero attached hydrogens (tertiary/aromatic N) is 2. The van der Waals surface area contributed by atoms with Gasteiger partial charge in [0.05, 0.1) is 0 Å². The van der Waals surface area contributed by atoms with Crippen LogP contribution in [-0.4, -0.2) is 0 Å².